The summed E-state index contributed by atoms with van der Waals surface area (Å²) >= 11 is 0. The fourth-order valence-corrected chi connectivity index (χ4v) is 7.37. The highest BCUT2D eigenvalue weighted by Gasteiger charge is 2.29. The molecular weight excluding hydrogens is 532 g/mol. The molecule has 4 N–H and O–H groups in total. The molecule has 212 valence electrons. The van der Waals surface area contributed by atoms with E-state index in [-0.39, 0.29) is 21.9 Å². The molecular formula is C32H36N6O2S. The molecule has 2 atom stereocenters. The second kappa shape index (κ2) is 12.6. The van der Waals surface area contributed by atoms with Gasteiger partial charge in [-0.3, -0.25) is 9.97 Å². The fraction of sp³-hybridized carbons (Fsp3) is 0.312. The van der Waals surface area contributed by atoms with Gasteiger partial charge in [-0.25, -0.2) is 8.42 Å². The Morgan fingerprint density at radius 1 is 0.610 bits per heavy atom. The zero-order chi connectivity index (χ0) is 28.1. The molecule has 0 spiro atoms. The average molecular weight is 569 g/mol. The third-order valence-electron chi connectivity index (χ3n) is 7.82. The highest BCUT2D eigenvalue weighted by molar-refractivity contribution is 7.91. The molecule has 2 fully saturated rings. The van der Waals surface area contributed by atoms with E-state index in [4.69, 9.17) is 0 Å². The van der Waals surface area contributed by atoms with E-state index in [1.54, 1.807) is 12.4 Å². The smallest absolute Gasteiger partial charge is 0.207 e. The summed E-state index contributed by atoms with van der Waals surface area (Å²) in [4.78, 5) is 9.57. The van der Waals surface area contributed by atoms with Crippen LogP contribution in [-0.2, 0) is 9.84 Å². The van der Waals surface area contributed by atoms with Crippen molar-refractivity contribution in [1.82, 2.24) is 31.2 Å². The van der Waals surface area contributed by atoms with Crippen molar-refractivity contribution >= 4 is 9.84 Å². The zero-order valence-electron chi connectivity index (χ0n) is 23.0. The highest BCUT2D eigenvalue weighted by atomic mass is 32.2. The number of sulfone groups is 1. The molecule has 4 heterocycles. The molecule has 8 nitrogen and oxygen atoms in total. The molecule has 0 amide bonds. The van der Waals surface area contributed by atoms with Gasteiger partial charge in [-0.05, 0) is 86.5 Å². The van der Waals surface area contributed by atoms with Crippen LogP contribution in [0.4, 0.5) is 0 Å². The van der Waals surface area contributed by atoms with Crippen molar-refractivity contribution in [3.8, 4) is 22.5 Å². The molecule has 2 saturated heterocycles. The molecule has 2 aliphatic heterocycles. The van der Waals surface area contributed by atoms with Crippen molar-refractivity contribution < 1.29 is 8.42 Å². The van der Waals surface area contributed by atoms with Gasteiger partial charge in [-0.1, -0.05) is 36.4 Å². The van der Waals surface area contributed by atoms with Crippen LogP contribution < -0.4 is 21.3 Å². The van der Waals surface area contributed by atoms with Gasteiger partial charge < -0.3 is 21.3 Å². The van der Waals surface area contributed by atoms with E-state index in [0.717, 1.165) is 63.2 Å². The maximum Gasteiger partial charge on any atom is 0.207 e. The first-order valence-electron chi connectivity index (χ1n) is 14.4. The van der Waals surface area contributed by atoms with Gasteiger partial charge in [0.2, 0.25) is 9.84 Å². The summed E-state index contributed by atoms with van der Waals surface area (Å²) < 4.78 is 29.8. The van der Waals surface area contributed by atoms with Crippen molar-refractivity contribution in [2.45, 2.75) is 34.7 Å². The molecule has 2 unspecified atom stereocenters. The molecule has 0 bridgehead atoms. The van der Waals surface area contributed by atoms with Gasteiger partial charge >= 0.3 is 0 Å². The molecule has 6 rings (SSSR count). The minimum absolute atomic E-state index is 0.00657. The average Bonchev–Trinajstić information content (AvgIpc) is 3.48. The minimum atomic E-state index is -4.01. The van der Waals surface area contributed by atoms with Gasteiger partial charge in [-0.15, -0.1) is 0 Å². The number of hydrogen-bond acceptors (Lipinski definition) is 8. The number of pyridine rings is 2. The van der Waals surface area contributed by atoms with Crippen molar-refractivity contribution in [3.05, 3.63) is 96.3 Å². The normalized spacial score (nSPS) is 20.2. The van der Waals surface area contributed by atoms with Crippen molar-refractivity contribution in [2.24, 2.45) is 0 Å². The molecule has 41 heavy (non-hydrogen) atoms. The number of hydrogen-bond donors (Lipinski definition) is 4. The maximum atomic E-state index is 14.9. The fourth-order valence-electron chi connectivity index (χ4n) is 5.63. The summed E-state index contributed by atoms with van der Waals surface area (Å²) in [5.41, 5.74) is 4.28. The van der Waals surface area contributed by atoms with Gasteiger partial charge in [0.15, 0.2) is 0 Å². The number of nitrogens with one attached hydrogen (secondary N) is 4. The number of nitrogens with zero attached hydrogens (tertiary/aromatic N) is 2. The van der Waals surface area contributed by atoms with Crippen LogP contribution in [-0.4, -0.2) is 57.7 Å². The first-order chi connectivity index (χ1) is 20.1. The quantitative estimate of drug-likeness (QED) is 0.278. The second-order valence-corrected chi connectivity index (χ2v) is 12.5. The predicted molar refractivity (Wildman–Crippen MR) is 161 cm³/mol. The molecule has 4 aromatic rings. The largest absolute Gasteiger partial charge is 0.315 e. The van der Waals surface area contributed by atoms with Crippen LogP contribution in [0.2, 0.25) is 0 Å². The van der Waals surface area contributed by atoms with Crippen LogP contribution in [0.15, 0.2) is 95.0 Å². The first-order valence-corrected chi connectivity index (χ1v) is 15.8. The van der Waals surface area contributed by atoms with Crippen molar-refractivity contribution in [1.29, 1.82) is 0 Å². The Kier molecular flexibility index (Phi) is 8.50. The van der Waals surface area contributed by atoms with Crippen LogP contribution in [0.5, 0.6) is 0 Å². The predicted octanol–water partition coefficient (Wildman–Crippen LogP) is 3.89. The Bertz CT molecular complexity index is 1450. The molecule has 0 radical (unpaired) electrons. The standard InChI is InChI=1S/C32H36N6O2S/c39-41(40,31-19-23(29-21-33-13-5-17-37-29)9-11-25(31)27-7-1-3-15-35-27)32-20-24(30-22-34-14-6-18-38-30)10-12-26(32)28-8-2-4-16-36-28/h1-4,7-12,15-16,19-20,29-30,33-34,37-38H,5-6,13-14,17-18,21-22H2. The lowest BCUT2D eigenvalue weighted by Gasteiger charge is -2.21. The summed E-state index contributed by atoms with van der Waals surface area (Å²) in [6.07, 6.45) is 5.44. The summed E-state index contributed by atoms with van der Waals surface area (Å²) in [5, 5.41) is 14.1. The Morgan fingerprint density at radius 3 is 1.54 bits per heavy atom. The Balaban J connectivity index is 1.54. The van der Waals surface area contributed by atoms with Crippen LogP contribution in [0.25, 0.3) is 22.5 Å². The maximum absolute atomic E-state index is 14.9. The molecule has 2 aliphatic rings. The minimum Gasteiger partial charge on any atom is -0.315 e. The molecule has 2 aromatic carbocycles. The van der Waals surface area contributed by atoms with Crippen LogP contribution in [0.1, 0.15) is 36.1 Å². The summed E-state index contributed by atoms with van der Waals surface area (Å²) in [6.45, 7) is 5.08. The number of rotatable bonds is 6. The molecule has 9 heteroatoms. The van der Waals surface area contributed by atoms with Gasteiger partial charge in [0.05, 0.1) is 21.2 Å². The third kappa shape index (κ3) is 6.10. The van der Waals surface area contributed by atoms with Crippen LogP contribution in [0, 0.1) is 0 Å². The third-order valence-corrected chi connectivity index (χ3v) is 9.65. The molecule has 0 saturated carbocycles. The molecule has 2 aromatic heterocycles. The van der Waals surface area contributed by atoms with E-state index in [0.29, 0.717) is 22.5 Å². The highest BCUT2D eigenvalue weighted by Crippen LogP contribution is 2.38. The zero-order valence-corrected chi connectivity index (χ0v) is 23.8. The number of benzene rings is 2. The van der Waals surface area contributed by atoms with E-state index in [2.05, 4.69) is 31.2 Å². The van der Waals surface area contributed by atoms with E-state index in [9.17, 15) is 8.42 Å². The topological polar surface area (TPSA) is 108 Å². The Morgan fingerprint density at radius 2 is 1.10 bits per heavy atom. The number of aromatic nitrogens is 2. The lowest BCUT2D eigenvalue weighted by molar-refractivity contribution is 0.550. The Labute approximate surface area is 242 Å². The van der Waals surface area contributed by atoms with Crippen molar-refractivity contribution in [3.63, 3.8) is 0 Å². The Hall–Kier alpha value is -3.47. The van der Waals surface area contributed by atoms with Gasteiger partial charge in [0.1, 0.15) is 0 Å². The van der Waals surface area contributed by atoms with Crippen molar-refractivity contribution in [2.75, 3.05) is 39.3 Å². The SMILES string of the molecule is O=S(=O)(c1cc(C2CNCCCN2)ccc1-c1ccccn1)c1cc(C2CNCCCN2)ccc1-c1ccccn1. The second-order valence-electron chi connectivity index (χ2n) is 10.6. The summed E-state index contributed by atoms with van der Waals surface area (Å²) in [5.74, 6) is 0. The van der Waals surface area contributed by atoms with Gasteiger partial charge in [-0.2, -0.15) is 0 Å². The summed E-state index contributed by atoms with van der Waals surface area (Å²) in [7, 11) is -4.01. The van der Waals surface area contributed by atoms with E-state index in [1.807, 2.05) is 72.8 Å². The summed E-state index contributed by atoms with van der Waals surface area (Å²) in [6, 6.07) is 22.7. The molecule has 0 aliphatic carbocycles. The first kappa shape index (κ1) is 27.7. The lowest BCUT2D eigenvalue weighted by atomic mass is 10.0. The van der Waals surface area contributed by atoms with E-state index >= 15 is 0 Å². The van der Waals surface area contributed by atoms with E-state index in [1.165, 1.54) is 0 Å². The van der Waals surface area contributed by atoms with Gasteiger partial charge in [0.25, 0.3) is 0 Å². The van der Waals surface area contributed by atoms with Gasteiger partial charge in [0, 0.05) is 48.7 Å². The van der Waals surface area contributed by atoms with Crippen LogP contribution in [0.3, 0.4) is 0 Å². The lowest BCUT2D eigenvalue weighted by Crippen LogP contribution is -2.28. The monoisotopic (exact) mass is 568 g/mol. The van der Waals surface area contributed by atoms with Crippen LogP contribution >= 0.6 is 0 Å². The van der Waals surface area contributed by atoms with E-state index < -0.39 is 9.84 Å².